The molecule has 168 valence electrons. The molecule has 2 aliphatic heterocycles. The molecular formula is C26H34O5. The topological polar surface area (TPSA) is 72.8 Å². The van der Waals surface area contributed by atoms with Crippen LogP contribution >= 0.6 is 0 Å². The number of ether oxygens (including phenoxy) is 2. The molecule has 0 radical (unpaired) electrons. The number of carbonyl (C=O) groups is 2. The van der Waals surface area contributed by atoms with Crippen molar-refractivity contribution in [1.29, 1.82) is 0 Å². The van der Waals surface area contributed by atoms with Crippen molar-refractivity contribution in [1.82, 2.24) is 0 Å². The SMILES string of the molecule is CC1=C[C@](C)(O)[C@H](C)O[C@H]1/C(C)=C/C=C/C=C/C=C/[C@]1(C)[C@H]2OC(=O)[C@]1(C)C(=O)[C@@H]2C. The Bertz CT molecular complexity index is 918. The number of aliphatic hydroxyl groups is 1. The Labute approximate surface area is 185 Å². The standard InChI is InChI=1S/C26H34O5/c1-16(20-17(2)15-25(6,29)19(4)30-20)13-11-9-8-10-12-14-24(5)22-18(3)21(27)26(24,7)23(28)31-22/h8-15,18-20,22,29H,1-7H3/b10-8+,11-9+,14-12+,16-13+/t18-,19-,20-,22-,24+,25-,26-/m0/s1. The molecule has 5 nitrogen and oxygen atoms in total. The van der Waals surface area contributed by atoms with Crippen molar-refractivity contribution in [3.8, 4) is 0 Å². The quantitative estimate of drug-likeness (QED) is 0.308. The Morgan fingerprint density at radius 2 is 1.68 bits per heavy atom. The molecule has 1 saturated carbocycles. The predicted molar refractivity (Wildman–Crippen MR) is 120 cm³/mol. The van der Waals surface area contributed by atoms with Gasteiger partial charge in [0.05, 0.1) is 18.1 Å². The van der Waals surface area contributed by atoms with Crippen molar-refractivity contribution in [2.24, 2.45) is 16.7 Å². The number of carbonyl (C=O) groups excluding carboxylic acids is 2. The minimum atomic E-state index is -1.11. The molecule has 2 bridgehead atoms. The molecule has 3 aliphatic rings. The summed E-state index contributed by atoms with van der Waals surface area (Å²) in [7, 11) is 0. The molecule has 1 saturated heterocycles. The third kappa shape index (κ3) is 3.68. The van der Waals surface area contributed by atoms with E-state index < -0.39 is 28.5 Å². The lowest BCUT2D eigenvalue weighted by Gasteiger charge is -2.37. The van der Waals surface area contributed by atoms with Crippen molar-refractivity contribution in [2.45, 2.75) is 72.4 Å². The lowest BCUT2D eigenvalue weighted by molar-refractivity contribution is -0.161. The van der Waals surface area contributed by atoms with Crippen LogP contribution in [0.15, 0.2) is 59.8 Å². The highest BCUT2D eigenvalue weighted by atomic mass is 16.6. The number of rotatable bonds is 5. The van der Waals surface area contributed by atoms with E-state index in [4.69, 9.17) is 9.47 Å². The number of hydrogen-bond acceptors (Lipinski definition) is 5. The summed E-state index contributed by atoms with van der Waals surface area (Å²) in [6.45, 7) is 13.1. The summed E-state index contributed by atoms with van der Waals surface area (Å²) in [5.74, 6) is -0.724. The second-order valence-electron chi connectivity index (χ2n) is 9.70. The highest BCUT2D eigenvalue weighted by Gasteiger charge is 2.73. The summed E-state index contributed by atoms with van der Waals surface area (Å²) in [4.78, 5) is 24.8. The van der Waals surface area contributed by atoms with E-state index in [1.54, 1.807) is 13.8 Å². The van der Waals surface area contributed by atoms with Crippen LogP contribution in [-0.2, 0) is 19.1 Å². The molecule has 0 aromatic heterocycles. The normalized spacial score (nSPS) is 43.5. The molecule has 1 N–H and O–H groups in total. The van der Waals surface area contributed by atoms with Gasteiger partial charge in [-0.1, -0.05) is 56.4 Å². The summed E-state index contributed by atoms with van der Waals surface area (Å²) in [5.41, 5.74) is -0.633. The Morgan fingerprint density at radius 3 is 2.32 bits per heavy atom. The van der Waals surface area contributed by atoms with Crippen LogP contribution < -0.4 is 0 Å². The third-order valence-corrected chi connectivity index (χ3v) is 7.43. The van der Waals surface area contributed by atoms with Crippen LogP contribution in [0.25, 0.3) is 0 Å². The van der Waals surface area contributed by atoms with Gasteiger partial charge in [-0.15, -0.1) is 0 Å². The Kier molecular flexibility index (Phi) is 6.07. The number of ketones is 1. The fourth-order valence-corrected chi connectivity index (χ4v) is 5.01. The average molecular weight is 427 g/mol. The second-order valence-corrected chi connectivity index (χ2v) is 9.70. The molecule has 7 atom stereocenters. The van der Waals surface area contributed by atoms with Gasteiger partial charge in [0.2, 0.25) is 0 Å². The molecule has 2 fully saturated rings. The first-order chi connectivity index (χ1) is 14.4. The van der Waals surface area contributed by atoms with E-state index in [1.165, 1.54) is 0 Å². The van der Waals surface area contributed by atoms with Crippen molar-refractivity contribution < 1.29 is 24.2 Å². The monoisotopic (exact) mass is 426 g/mol. The molecular weight excluding hydrogens is 392 g/mol. The molecule has 3 rings (SSSR count). The summed E-state index contributed by atoms with van der Waals surface area (Å²) in [6.07, 6.45) is 14.5. The molecule has 0 aromatic carbocycles. The van der Waals surface area contributed by atoms with Gasteiger partial charge in [0.15, 0.2) is 5.78 Å². The third-order valence-electron chi connectivity index (χ3n) is 7.43. The van der Waals surface area contributed by atoms with Crippen LogP contribution in [0.2, 0.25) is 0 Å². The second kappa shape index (κ2) is 8.03. The van der Waals surface area contributed by atoms with E-state index >= 15 is 0 Å². The van der Waals surface area contributed by atoms with Crippen LogP contribution in [-0.4, -0.2) is 40.8 Å². The maximum atomic E-state index is 12.6. The summed E-state index contributed by atoms with van der Waals surface area (Å²) in [5, 5.41) is 10.3. The zero-order chi connectivity index (χ0) is 23.2. The van der Waals surface area contributed by atoms with Gasteiger partial charge in [-0.2, -0.15) is 0 Å². The Hall–Kier alpha value is -2.24. The van der Waals surface area contributed by atoms with Crippen molar-refractivity contribution in [2.75, 3.05) is 0 Å². The summed E-state index contributed by atoms with van der Waals surface area (Å²) >= 11 is 0. The number of fused-ring (bicyclic) bond motifs is 2. The van der Waals surface area contributed by atoms with Gasteiger partial charge in [0.25, 0.3) is 0 Å². The highest BCUT2D eigenvalue weighted by Crippen LogP contribution is 2.60. The van der Waals surface area contributed by atoms with Gasteiger partial charge in [0.1, 0.15) is 17.1 Å². The van der Waals surface area contributed by atoms with Gasteiger partial charge in [0, 0.05) is 5.41 Å². The lowest BCUT2D eigenvalue weighted by Crippen LogP contribution is -2.44. The van der Waals surface area contributed by atoms with Gasteiger partial charge >= 0.3 is 5.97 Å². The van der Waals surface area contributed by atoms with E-state index in [-0.39, 0.29) is 23.9 Å². The first-order valence-electron chi connectivity index (χ1n) is 10.9. The fourth-order valence-electron chi connectivity index (χ4n) is 5.01. The lowest BCUT2D eigenvalue weighted by atomic mass is 9.68. The van der Waals surface area contributed by atoms with Gasteiger partial charge in [-0.3, -0.25) is 9.59 Å². The van der Waals surface area contributed by atoms with Crippen LogP contribution in [0, 0.1) is 16.7 Å². The zero-order valence-electron chi connectivity index (χ0n) is 19.5. The summed E-state index contributed by atoms with van der Waals surface area (Å²) in [6, 6.07) is 0. The van der Waals surface area contributed by atoms with Gasteiger partial charge < -0.3 is 14.6 Å². The minimum absolute atomic E-state index is 0.0320. The molecule has 31 heavy (non-hydrogen) atoms. The van der Waals surface area contributed by atoms with E-state index in [9.17, 15) is 14.7 Å². The maximum absolute atomic E-state index is 12.6. The van der Waals surface area contributed by atoms with Gasteiger partial charge in [-0.25, -0.2) is 0 Å². The van der Waals surface area contributed by atoms with Crippen LogP contribution in [0.1, 0.15) is 48.5 Å². The van der Waals surface area contributed by atoms with E-state index in [0.717, 1.165) is 11.1 Å². The van der Waals surface area contributed by atoms with Crippen molar-refractivity contribution >= 4 is 11.8 Å². The van der Waals surface area contributed by atoms with Crippen LogP contribution in [0.3, 0.4) is 0 Å². The van der Waals surface area contributed by atoms with Crippen LogP contribution in [0.4, 0.5) is 0 Å². The molecule has 2 heterocycles. The van der Waals surface area contributed by atoms with E-state index in [1.807, 2.05) is 83.2 Å². The van der Waals surface area contributed by atoms with Crippen LogP contribution in [0.5, 0.6) is 0 Å². The molecule has 0 amide bonds. The largest absolute Gasteiger partial charge is 0.460 e. The number of allylic oxidation sites excluding steroid dienone is 6. The average Bonchev–Trinajstić information content (AvgIpc) is 2.97. The van der Waals surface area contributed by atoms with E-state index in [0.29, 0.717) is 0 Å². The fraction of sp³-hybridized carbons (Fsp3) is 0.538. The maximum Gasteiger partial charge on any atom is 0.320 e. The smallest absolute Gasteiger partial charge is 0.320 e. The van der Waals surface area contributed by atoms with Crippen molar-refractivity contribution in [3.63, 3.8) is 0 Å². The van der Waals surface area contributed by atoms with Gasteiger partial charge in [-0.05, 0) is 51.8 Å². The highest BCUT2D eigenvalue weighted by molar-refractivity contribution is 6.10. The molecule has 5 heteroatoms. The Balaban J connectivity index is 1.64. The first-order valence-corrected chi connectivity index (χ1v) is 10.9. The van der Waals surface area contributed by atoms with Crippen molar-refractivity contribution in [3.05, 3.63) is 59.8 Å². The number of hydrogen-bond donors (Lipinski definition) is 1. The number of esters is 1. The first kappa shape index (κ1) is 23.4. The molecule has 1 aliphatic carbocycles. The predicted octanol–water partition coefficient (Wildman–Crippen LogP) is 4.24. The Morgan fingerprint density at radius 1 is 1.06 bits per heavy atom. The molecule has 0 spiro atoms. The minimum Gasteiger partial charge on any atom is -0.460 e. The number of Topliss-reactive ketones (excluding diaryl/α,β-unsaturated/α-hetero) is 1. The summed E-state index contributed by atoms with van der Waals surface area (Å²) < 4.78 is 11.5. The zero-order valence-corrected chi connectivity index (χ0v) is 19.5. The van der Waals surface area contributed by atoms with E-state index in [2.05, 4.69) is 0 Å². The molecule has 0 aromatic rings. The molecule has 0 unspecified atom stereocenters.